The Morgan fingerprint density at radius 3 is 2.69 bits per heavy atom. The Kier molecular flexibility index (Phi) is 5.37. The summed E-state index contributed by atoms with van der Waals surface area (Å²) < 4.78 is 0. The smallest absolute Gasteiger partial charge is 0.326 e. The number of aromatic nitrogens is 3. The lowest BCUT2D eigenvalue weighted by Crippen LogP contribution is -2.41. The Bertz CT molecular complexity index is 1160. The molecule has 0 aliphatic carbocycles. The number of aromatic amines is 2. The fraction of sp³-hybridized carbons (Fsp3) is 0.235. The summed E-state index contributed by atoms with van der Waals surface area (Å²) in [6.07, 6.45) is 0.910. The van der Waals surface area contributed by atoms with Gasteiger partial charge in [0.05, 0.1) is 16.7 Å². The fourth-order valence-corrected chi connectivity index (χ4v) is 3.87. The number of rotatable bonds is 7. The van der Waals surface area contributed by atoms with Gasteiger partial charge in [-0.2, -0.15) is 4.98 Å². The van der Waals surface area contributed by atoms with Gasteiger partial charge in [-0.3, -0.25) is 19.4 Å². The molecular weight excluding hydrogens is 402 g/mol. The summed E-state index contributed by atoms with van der Waals surface area (Å²) in [4.78, 5) is 56.8. The van der Waals surface area contributed by atoms with E-state index in [2.05, 4.69) is 20.3 Å². The number of carbonyl (C=O) groups is 3. The zero-order valence-electron chi connectivity index (χ0n) is 15.1. The summed E-state index contributed by atoms with van der Waals surface area (Å²) in [6, 6.07) is 1.67. The number of carbonyl (C=O) groups excluding carboxylic acids is 1. The van der Waals surface area contributed by atoms with Crippen LogP contribution in [0.25, 0.3) is 11.0 Å². The largest absolute Gasteiger partial charge is 0.481 e. The first-order valence-corrected chi connectivity index (χ1v) is 9.21. The number of hydrogen-bond donors (Lipinski definition) is 6. The number of amides is 1. The number of fused-ring (bicyclic) bond motifs is 1. The molecule has 7 N–H and O–H groups in total. The number of nitrogens with two attached hydrogens (primary N) is 1. The summed E-state index contributed by atoms with van der Waals surface area (Å²) in [5.74, 6) is -3.73. The van der Waals surface area contributed by atoms with Crippen LogP contribution in [0.1, 0.15) is 39.4 Å². The third-order valence-electron chi connectivity index (χ3n) is 4.32. The Morgan fingerprint density at radius 1 is 1.31 bits per heavy atom. The van der Waals surface area contributed by atoms with E-state index in [0.717, 1.165) is 16.2 Å². The average Bonchev–Trinajstić information content (AvgIpc) is 3.27. The molecule has 12 heteroatoms. The highest BCUT2D eigenvalue weighted by molar-refractivity contribution is 7.14. The highest BCUT2D eigenvalue weighted by Gasteiger charge is 2.25. The zero-order chi connectivity index (χ0) is 21.3. The Labute approximate surface area is 166 Å². The second-order valence-corrected chi connectivity index (χ2v) is 7.42. The van der Waals surface area contributed by atoms with Gasteiger partial charge in [-0.1, -0.05) is 6.92 Å². The average molecular weight is 419 g/mol. The molecule has 0 aliphatic rings. The molecule has 3 heterocycles. The van der Waals surface area contributed by atoms with Crippen LogP contribution in [0, 0.1) is 0 Å². The molecule has 0 aliphatic heterocycles. The van der Waals surface area contributed by atoms with Crippen LogP contribution in [0.4, 0.5) is 5.95 Å². The maximum atomic E-state index is 12.3. The van der Waals surface area contributed by atoms with Gasteiger partial charge in [0.25, 0.3) is 11.5 Å². The molecule has 3 aromatic heterocycles. The molecular formula is C17H17N5O6S. The first-order chi connectivity index (χ1) is 13.7. The van der Waals surface area contributed by atoms with E-state index in [1.165, 1.54) is 6.07 Å². The number of nitrogen functional groups attached to an aromatic ring is 1. The summed E-state index contributed by atoms with van der Waals surface area (Å²) in [5.41, 5.74) is 6.17. The summed E-state index contributed by atoms with van der Waals surface area (Å²) >= 11 is 1.11. The molecule has 0 fully saturated rings. The number of nitrogens with one attached hydrogen (secondary N) is 3. The number of carboxylic acid groups (broad SMARTS) is 2. The van der Waals surface area contributed by atoms with Crippen molar-refractivity contribution in [1.82, 2.24) is 20.3 Å². The van der Waals surface area contributed by atoms with Gasteiger partial charge in [0.2, 0.25) is 5.95 Å². The maximum absolute atomic E-state index is 12.3. The van der Waals surface area contributed by atoms with E-state index in [1.54, 1.807) is 12.3 Å². The molecule has 1 unspecified atom stereocenters. The minimum atomic E-state index is -1.54. The van der Waals surface area contributed by atoms with E-state index in [4.69, 9.17) is 15.9 Å². The van der Waals surface area contributed by atoms with Crippen molar-refractivity contribution >= 4 is 46.2 Å². The molecule has 0 bridgehead atoms. The highest BCUT2D eigenvalue weighted by atomic mass is 32.1. The van der Waals surface area contributed by atoms with Crippen molar-refractivity contribution in [2.75, 3.05) is 5.73 Å². The molecule has 11 nitrogen and oxygen atoms in total. The van der Waals surface area contributed by atoms with Crippen molar-refractivity contribution in [3.63, 3.8) is 0 Å². The van der Waals surface area contributed by atoms with Gasteiger partial charge in [-0.25, -0.2) is 4.79 Å². The number of aliphatic carboxylic acids is 2. The van der Waals surface area contributed by atoms with Crippen molar-refractivity contribution < 1.29 is 24.6 Å². The molecule has 3 aromatic rings. The standard InChI is InChI=1S/C17H17N5O6S/c1-6(7-5-19-13-12(7)15(26)22-17(18)21-13)9-2-3-10(29-9)14(25)20-8(16(27)28)4-11(23)24/h2-3,5-6,8H,4H2,1H3,(H,20,25)(H,23,24)(H,27,28)(H4,18,19,21,22,26)/t6?,8-/m0/s1. The molecule has 0 saturated heterocycles. The lowest BCUT2D eigenvalue weighted by molar-refractivity contribution is -0.145. The van der Waals surface area contributed by atoms with E-state index in [0.29, 0.717) is 16.6 Å². The predicted molar refractivity (Wildman–Crippen MR) is 104 cm³/mol. The van der Waals surface area contributed by atoms with Crippen LogP contribution in [0.2, 0.25) is 0 Å². The van der Waals surface area contributed by atoms with E-state index < -0.39 is 30.3 Å². The molecule has 1 amide bonds. The van der Waals surface area contributed by atoms with Gasteiger partial charge < -0.3 is 26.2 Å². The van der Waals surface area contributed by atoms with Gasteiger partial charge in [0.15, 0.2) is 0 Å². The Morgan fingerprint density at radius 2 is 2.03 bits per heavy atom. The number of hydrogen-bond acceptors (Lipinski definition) is 7. The number of H-pyrrole nitrogens is 2. The van der Waals surface area contributed by atoms with Gasteiger partial charge in [-0.05, 0) is 17.7 Å². The monoisotopic (exact) mass is 419 g/mol. The fourth-order valence-electron chi connectivity index (χ4n) is 2.89. The third kappa shape index (κ3) is 4.11. The van der Waals surface area contributed by atoms with Crippen LogP contribution in [0.15, 0.2) is 23.1 Å². The van der Waals surface area contributed by atoms with Gasteiger partial charge in [0, 0.05) is 17.0 Å². The van der Waals surface area contributed by atoms with Crippen LogP contribution in [-0.2, 0) is 9.59 Å². The number of carboxylic acids is 2. The first kappa shape index (κ1) is 20.1. The first-order valence-electron chi connectivity index (χ1n) is 8.39. The molecule has 0 spiro atoms. The van der Waals surface area contributed by atoms with Gasteiger partial charge in [0.1, 0.15) is 11.7 Å². The molecule has 0 radical (unpaired) electrons. The van der Waals surface area contributed by atoms with Crippen molar-refractivity contribution in [2.24, 2.45) is 0 Å². The Hall–Kier alpha value is -3.67. The van der Waals surface area contributed by atoms with E-state index >= 15 is 0 Å². The molecule has 0 saturated carbocycles. The number of anilines is 1. The van der Waals surface area contributed by atoms with Gasteiger partial charge >= 0.3 is 11.9 Å². The van der Waals surface area contributed by atoms with Crippen LogP contribution in [0.5, 0.6) is 0 Å². The zero-order valence-corrected chi connectivity index (χ0v) is 15.9. The molecule has 2 atom stereocenters. The van der Waals surface area contributed by atoms with Crippen LogP contribution < -0.4 is 16.6 Å². The molecule has 0 aromatic carbocycles. The van der Waals surface area contributed by atoms with E-state index in [9.17, 15) is 19.2 Å². The van der Waals surface area contributed by atoms with Crippen LogP contribution >= 0.6 is 11.3 Å². The summed E-state index contributed by atoms with van der Waals surface area (Å²) in [6.45, 7) is 1.84. The topological polar surface area (TPSA) is 191 Å². The lowest BCUT2D eigenvalue weighted by Gasteiger charge is -2.11. The molecule has 152 valence electrons. The van der Waals surface area contributed by atoms with Crippen molar-refractivity contribution in [1.29, 1.82) is 0 Å². The maximum Gasteiger partial charge on any atom is 0.326 e. The van der Waals surface area contributed by atoms with Crippen LogP contribution in [-0.4, -0.2) is 49.1 Å². The second kappa shape index (κ2) is 7.75. The van der Waals surface area contributed by atoms with Crippen LogP contribution in [0.3, 0.4) is 0 Å². The quantitative estimate of drug-likeness (QED) is 0.322. The Balaban J connectivity index is 1.84. The summed E-state index contributed by atoms with van der Waals surface area (Å²) in [5, 5.41) is 20.4. The number of nitrogens with zero attached hydrogens (tertiary/aromatic N) is 1. The van der Waals surface area contributed by atoms with E-state index in [-0.39, 0.29) is 22.3 Å². The normalized spacial score (nSPS) is 13.1. The minimum Gasteiger partial charge on any atom is -0.481 e. The van der Waals surface area contributed by atoms with Crippen molar-refractivity contribution in [3.05, 3.63) is 44.0 Å². The second-order valence-electron chi connectivity index (χ2n) is 6.30. The van der Waals surface area contributed by atoms with E-state index in [1.807, 2.05) is 6.92 Å². The summed E-state index contributed by atoms with van der Waals surface area (Å²) in [7, 11) is 0. The SMILES string of the molecule is CC(c1ccc(C(=O)N[C@@H](CC(=O)O)C(=O)O)s1)c1c[nH]c2nc(N)[nH]c(=O)c12. The van der Waals surface area contributed by atoms with Gasteiger partial charge in [-0.15, -0.1) is 11.3 Å². The third-order valence-corrected chi connectivity index (χ3v) is 5.58. The predicted octanol–water partition coefficient (Wildman–Crippen LogP) is 0.704. The number of thiophene rings is 1. The highest BCUT2D eigenvalue weighted by Crippen LogP contribution is 2.32. The van der Waals surface area contributed by atoms with Crippen molar-refractivity contribution in [2.45, 2.75) is 25.3 Å². The van der Waals surface area contributed by atoms with Crippen molar-refractivity contribution in [3.8, 4) is 0 Å². The minimum absolute atomic E-state index is 0.00650. The lowest BCUT2D eigenvalue weighted by atomic mass is 10.0. The molecule has 29 heavy (non-hydrogen) atoms. The molecule has 3 rings (SSSR count).